The maximum atomic E-state index is 12.1. The predicted octanol–water partition coefficient (Wildman–Crippen LogP) is 3.36. The van der Waals surface area contributed by atoms with E-state index >= 15 is 0 Å². The highest BCUT2D eigenvalue weighted by atomic mass is 35.5. The van der Waals surface area contributed by atoms with Crippen molar-refractivity contribution in [1.82, 2.24) is 0 Å². The summed E-state index contributed by atoms with van der Waals surface area (Å²) in [6, 6.07) is 9.21. The van der Waals surface area contributed by atoms with Crippen molar-refractivity contribution in [1.29, 1.82) is 5.26 Å². The van der Waals surface area contributed by atoms with Gasteiger partial charge in [-0.1, -0.05) is 36.6 Å². The minimum Gasteiger partial charge on any atom is -0.323 e. The number of nitrogens with one attached hydrogen (secondary N) is 1. The van der Waals surface area contributed by atoms with Crippen LogP contribution in [-0.4, -0.2) is 5.91 Å². The van der Waals surface area contributed by atoms with Crippen LogP contribution in [0, 0.1) is 16.7 Å². The Morgan fingerprint density at radius 3 is 2.59 bits per heavy atom. The molecular weight excluding hydrogens is 236 g/mol. The van der Waals surface area contributed by atoms with Crippen LogP contribution in [0.4, 0.5) is 5.69 Å². The molecule has 2 rings (SSSR count). The second-order valence-electron chi connectivity index (χ2n) is 4.33. The molecule has 0 heterocycles. The molecule has 0 unspecified atom stereocenters. The zero-order valence-electron chi connectivity index (χ0n) is 9.37. The second-order valence-corrected chi connectivity index (χ2v) is 4.74. The molecule has 88 valence electrons. The topological polar surface area (TPSA) is 52.9 Å². The molecule has 1 aliphatic carbocycles. The van der Waals surface area contributed by atoms with Crippen molar-refractivity contribution in [3.8, 4) is 6.07 Å². The van der Waals surface area contributed by atoms with Crippen LogP contribution >= 0.6 is 11.6 Å². The number of para-hydroxylation sites is 1. The van der Waals surface area contributed by atoms with Crippen LogP contribution in [0.25, 0.3) is 0 Å². The van der Waals surface area contributed by atoms with Crippen LogP contribution in [0.3, 0.4) is 0 Å². The van der Waals surface area contributed by atoms with Crippen LogP contribution in [-0.2, 0) is 4.79 Å². The van der Waals surface area contributed by atoms with Gasteiger partial charge in [-0.15, -0.1) is 0 Å². The molecule has 0 aromatic heterocycles. The number of hydrogen-bond acceptors (Lipinski definition) is 2. The summed E-state index contributed by atoms with van der Waals surface area (Å²) in [6.07, 6.45) is 3.15. The summed E-state index contributed by atoms with van der Waals surface area (Å²) in [5.41, 5.74) is -0.292. The maximum Gasteiger partial charge on any atom is 0.244 e. The molecule has 0 radical (unpaired) electrons. The Bertz CT molecular complexity index is 473. The molecule has 1 aromatic rings. The van der Waals surface area contributed by atoms with E-state index in [4.69, 9.17) is 11.6 Å². The molecule has 1 aromatic carbocycles. The van der Waals surface area contributed by atoms with Crippen molar-refractivity contribution in [3.63, 3.8) is 0 Å². The molecule has 1 N–H and O–H groups in total. The zero-order valence-corrected chi connectivity index (χ0v) is 10.1. The van der Waals surface area contributed by atoms with Gasteiger partial charge in [0.25, 0.3) is 0 Å². The van der Waals surface area contributed by atoms with Gasteiger partial charge in [0, 0.05) is 0 Å². The van der Waals surface area contributed by atoms with E-state index in [1.165, 1.54) is 0 Å². The lowest BCUT2D eigenvalue weighted by Crippen LogP contribution is -2.32. The van der Waals surface area contributed by atoms with Gasteiger partial charge in [-0.2, -0.15) is 5.26 Å². The lowest BCUT2D eigenvalue weighted by Gasteiger charge is -2.19. The summed E-state index contributed by atoms with van der Waals surface area (Å²) >= 11 is 5.97. The van der Waals surface area contributed by atoms with Gasteiger partial charge in [0.1, 0.15) is 5.41 Å². The van der Waals surface area contributed by atoms with Crippen molar-refractivity contribution in [2.75, 3.05) is 5.32 Å². The van der Waals surface area contributed by atoms with Gasteiger partial charge >= 0.3 is 0 Å². The highest BCUT2D eigenvalue weighted by Crippen LogP contribution is 2.38. The lowest BCUT2D eigenvalue weighted by atomic mass is 9.87. The number of carbonyl (C=O) groups excluding carboxylic acids is 1. The quantitative estimate of drug-likeness (QED) is 0.873. The normalized spacial score (nSPS) is 17.4. The Kier molecular flexibility index (Phi) is 3.35. The second kappa shape index (κ2) is 4.77. The average molecular weight is 249 g/mol. The number of nitrogens with zero attached hydrogens (tertiary/aromatic N) is 1. The van der Waals surface area contributed by atoms with E-state index in [9.17, 15) is 10.1 Å². The summed E-state index contributed by atoms with van der Waals surface area (Å²) in [6.45, 7) is 0. The first kappa shape index (κ1) is 11.9. The van der Waals surface area contributed by atoms with Crippen LogP contribution in [0.15, 0.2) is 24.3 Å². The Morgan fingerprint density at radius 1 is 1.35 bits per heavy atom. The smallest absolute Gasteiger partial charge is 0.244 e. The molecule has 0 spiro atoms. The molecular formula is C13H13ClN2O. The van der Waals surface area contributed by atoms with Crippen LogP contribution in [0.5, 0.6) is 0 Å². The number of rotatable bonds is 2. The van der Waals surface area contributed by atoms with E-state index in [2.05, 4.69) is 11.4 Å². The van der Waals surface area contributed by atoms with Gasteiger partial charge in [0.2, 0.25) is 5.91 Å². The van der Waals surface area contributed by atoms with E-state index < -0.39 is 5.41 Å². The fourth-order valence-corrected chi connectivity index (χ4v) is 2.36. The fraction of sp³-hybridized carbons (Fsp3) is 0.385. The van der Waals surface area contributed by atoms with Gasteiger partial charge in [0.05, 0.1) is 16.8 Å². The average Bonchev–Trinajstić information content (AvgIpc) is 2.82. The summed E-state index contributed by atoms with van der Waals surface area (Å²) in [7, 11) is 0. The van der Waals surface area contributed by atoms with Crippen LogP contribution < -0.4 is 5.32 Å². The van der Waals surface area contributed by atoms with Crippen molar-refractivity contribution in [3.05, 3.63) is 29.3 Å². The molecule has 0 bridgehead atoms. The largest absolute Gasteiger partial charge is 0.323 e. The van der Waals surface area contributed by atoms with Crippen LogP contribution in [0.1, 0.15) is 25.7 Å². The number of benzene rings is 1. The minimum absolute atomic E-state index is 0.231. The number of nitriles is 1. The molecule has 1 fully saturated rings. The summed E-state index contributed by atoms with van der Waals surface area (Å²) < 4.78 is 0. The SMILES string of the molecule is N#CC1(C(=O)Nc2ccccc2Cl)CCCC1. The van der Waals surface area contributed by atoms with Gasteiger partial charge < -0.3 is 5.32 Å². The van der Waals surface area contributed by atoms with Gasteiger partial charge in [-0.25, -0.2) is 0 Å². The molecule has 3 nitrogen and oxygen atoms in total. The highest BCUT2D eigenvalue weighted by molar-refractivity contribution is 6.33. The third kappa shape index (κ3) is 2.27. The monoisotopic (exact) mass is 248 g/mol. The highest BCUT2D eigenvalue weighted by Gasteiger charge is 2.41. The zero-order chi connectivity index (χ0) is 12.3. The van der Waals surface area contributed by atoms with Crippen molar-refractivity contribution < 1.29 is 4.79 Å². The minimum atomic E-state index is -0.862. The third-order valence-corrected chi connectivity index (χ3v) is 3.56. The van der Waals surface area contributed by atoms with E-state index in [1.807, 2.05) is 0 Å². The Hall–Kier alpha value is -1.53. The predicted molar refractivity (Wildman–Crippen MR) is 66.6 cm³/mol. The Balaban J connectivity index is 2.17. The van der Waals surface area contributed by atoms with Gasteiger partial charge in [-0.05, 0) is 25.0 Å². The fourth-order valence-electron chi connectivity index (χ4n) is 2.17. The number of hydrogen-bond donors (Lipinski definition) is 1. The van der Waals surface area contributed by atoms with E-state index in [-0.39, 0.29) is 5.91 Å². The number of amides is 1. The molecule has 4 heteroatoms. The molecule has 1 amide bonds. The first-order chi connectivity index (χ1) is 8.18. The molecule has 0 saturated heterocycles. The molecule has 0 atom stereocenters. The van der Waals surface area contributed by atoms with E-state index in [0.717, 1.165) is 12.8 Å². The van der Waals surface area contributed by atoms with Crippen molar-refractivity contribution in [2.24, 2.45) is 5.41 Å². The van der Waals surface area contributed by atoms with Gasteiger partial charge in [0.15, 0.2) is 0 Å². The number of carbonyl (C=O) groups is 1. The van der Waals surface area contributed by atoms with Crippen molar-refractivity contribution in [2.45, 2.75) is 25.7 Å². The molecule has 1 saturated carbocycles. The van der Waals surface area contributed by atoms with Gasteiger partial charge in [-0.3, -0.25) is 4.79 Å². The van der Waals surface area contributed by atoms with E-state index in [0.29, 0.717) is 23.6 Å². The number of anilines is 1. The first-order valence-corrected chi connectivity index (χ1v) is 6.03. The van der Waals surface area contributed by atoms with Crippen LogP contribution in [0.2, 0.25) is 5.02 Å². The molecule has 1 aliphatic rings. The summed E-state index contributed by atoms with van der Waals surface area (Å²) in [5.74, 6) is -0.231. The molecule has 0 aliphatic heterocycles. The summed E-state index contributed by atoms with van der Waals surface area (Å²) in [4.78, 5) is 12.1. The standard InChI is InChI=1S/C13H13ClN2O/c14-10-5-1-2-6-11(10)16-12(17)13(9-15)7-3-4-8-13/h1-2,5-6H,3-4,7-8H2,(H,16,17). The van der Waals surface area contributed by atoms with E-state index in [1.54, 1.807) is 24.3 Å². The third-order valence-electron chi connectivity index (χ3n) is 3.23. The Morgan fingerprint density at radius 2 is 2.00 bits per heavy atom. The Labute approximate surface area is 105 Å². The molecule has 17 heavy (non-hydrogen) atoms. The lowest BCUT2D eigenvalue weighted by molar-refractivity contribution is -0.122. The first-order valence-electron chi connectivity index (χ1n) is 5.65. The maximum absolute atomic E-state index is 12.1. The summed E-state index contributed by atoms with van der Waals surface area (Å²) in [5, 5.41) is 12.4. The number of halogens is 1. The van der Waals surface area contributed by atoms with Crippen molar-refractivity contribution >= 4 is 23.2 Å².